The molecule has 1 rings (SSSR count). The van der Waals surface area contributed by atoms with Crippen LogP contribution in [0.5, 0.6) is 0 Å². The van der Waals surface area contributed by atoms with E-state index in [1.807, 2.05) is 0 Å². The van der Waals surface area contributed by atoms with Crippen LogP contribution < -0.4 is 0 Å². The van der Waals surface area contributed by atoms with Crippen molar-refractivity contribution in [2.45, 2.75) is 5.16 Å². The first-order chi connectivity index (χ1) is 5.08. The van der Waals surface area contributed by atoms with Crippen LogP contribution in [-0.4, -0.2) is 34.4 Å². The lowest BCUT2D eigenvalue weighted by atomic mass is 11.0. The molecule has 1 radical (unpaired) electrons. The highest BCUT2D eigenvalue weighted by molar-refractivity contribution is 7.91. The molecule has 0 saturated heterocycles. The van der Waals surface area contributed by atoms with Crippen LogP contribution in [0.1, 0.15) is 0 Å². The number of aryl methyl sites for hydroxylation is 1. The van der Waals surface area contributed by atoms with E-state index in [1.54, 1.807) is 0 Å². The zero-order valence-electron chi connectivity index (χ0n) is 5.93. The predicted molar refractivity (Wildman–Crippen MR) is 36.2 cm³/mol. The van der Waals surface area contributed by atoms with Crippen molar-refractivity contribution < 1.29 is 8.42 Å². The molecule has 0 aliphatic heterocycles. The molecule has 0 N–H and O–H groups in total. The minimum atomic E-state index is -3.37. The quantitative estimate of drug-likeness (QED) is 0.565. The molecule has 1 aromatic rings. The lowest BCUT2D eigenvalue weighted by molar-refractivity contribution is 0.571. The number of hydrogen-bond acceptors (Lipinski definition) is 5. The van der Waals surface area contributed by atoms with Gasteiger partial charge < -0.3 is 0 Å². The molecule has 0 spiro atoms. The molecule has 1 aromatic heterocycles. The van der Waals surface area contributed by atoms with Crippen LogP contribution >= 0.6 is 0 Å². The van der Waals surface area contributed by atoms with Crippen LogP contribution in [0.2, 0.25) is 0 Å². The Morgan fingerprint density at radius 3 is 2.64 bits per heavy atom. The number of rotatable bonds is 2. The van der Waals surface area contributed by atoms with Crippen molar-refractivity contribution in [3.05, 3.63) is 6.92 Å². The number of nitrogens with zero attached hydrogens (tertiary/aromatic N) is 4. The minimum Gasteiger partial charge on any atom is -0.220 e. The van der Waals surface area contributed by atoms with Crippen molar-refractivity contribution in [2.24, 2.45) is 7.05 Å². The Balaban J connectivity index is 3.22. The van der Waals surface area contributed by atoms with E-state index in [2.05, 4.69) is 22.4 Å². The van der Waals surface area contributed by atoms with Gasteiger partial charge in [-0.2, -0.15) is 0 Å². The predicted octanol–water partition coefficient (Wildman–Crippen LogP) is -1.18. The summed E-state index contributed by atoms with van der Waals surface area (Å²) in [6.45, 7) is 3.26. The van der Waals surface area contributed by atoms with Crippen LogP contribution in [-0.2, 0) is 16.9 Å². The van der Waals surface area contributed by atoms with Gasteiger partial charge in [0.1, 0.15) is 0 Å². The van der Waals surface area contributed by atoms with Crippen LogP contribution in [0.25, 0.3) is 0 Å². The number of tetrazole rings is 1. The van der Waals surface area contributed by atoms with Crippen molar-refractivity contribution in [1.29, 1.82) is 0 Å². The van der Waals surface area contributed by atoms with E-state index in [0.717, 1.165) is 4.68 Å². The van der Waals surface area contributed by atoms with Crippen LogP contribution in [0.4, 0.5) is 0 Å². The van der Waals surface area contributed by atoms with Crippen molar-refractivity contribution in [3.63, 3.8) is 0 Å². The van der Waals surface area contributed by atoms with Crippen molar-refractivity contribution >= 4 is 9.84 Å². The molecule has 11 heavy (non-hydrogen) atoms. The standard InChI is InChI=1S/C4H7N4O2S/c1-3-11(9,10)4-5-6-7-8(4)2/h1,3H2,2H3. The molecule has 0 unspecified atom stereocenters. The summed E-state index contributed by atoms with van der Waals surface area (Å²) in [6, 6.07) is 0. The fourth-order valence-electron chi connectivity index (χ4n) is 0.576. The molecule has 61 valence electrons. The average Bonchev–Trinajstić information content (AvgIpc) is 2.36. The second kappa shape index (κ2) is 2.57. The van der Waals surface area contributed by atoms with E-state index in [9.17, 15) is 8.42 Å². The Hall–Kier alpha value is -0.980. The third kappa shape index (κ3) is 1.37. The first-order valence-corrected chi connectivity index (χ1v) is 4.47. The molecule has 7 heteroatoms. The highest BCUT2D eigenvalue weighted by Crippen LogP contribution is 2.01. The van der Waals surface area contributed by atoms with Gasteiger partial charge in [-0.05, 0) is 17.4 Å². The summed E-state index contributed by atoms with van der Waals surface area (Å²) in [5, 5.41) is 9.76. The first kappa shape index (κ1) is 8.12. The Kier molecular flexibility index (Phi) is 1.90. The molecule has 6 nitrogen and oxygen atoms in total. The highest BCUT2D eigenvalue weighted by atomic mass is 32.2. The topological polar surface area (TPSA) is 77.7 Å². The lowest BCUT2D eigenvalue weighted by Gasteiger charge is -1.95. The molecule has 1 heterocycles. The van der Waals surface area contributed by atoms with Gasteiger partial charge in [0, 0.05) is 7.05 Å². The minimum absolute atomic E-state index is 0.146. The van der Waals surface area contributed by atoms with Crippen molar-refractivity contribution in [2.75, 3.05) is 5.75 Å². The maximum absolute atomic E-state index is 11.1. The van der Waals surface area contributed by atoms with Crippen molar-refractivity contribution in [3.8, 4) is 0 Å². The number of aromatic nitrogens is 4. The average molecular weight is 175 g/mol. The summed E-state index contributed by atoms with van der Waals surface area (Å²) >= 11 is 0. The second-order valence-corrected chi connectivity index (χ2v) is 3.91. The van der Waals surface area contributed by atoms with E-state index in [1.165, 1.54) is 7.05 Å². The third-order valence-corrected chi connectivity index (χ3v) is 2.57. The molecular formula is C4H7N4O2S. The van der Waals surface area contributed by atoms with E-state index in [0.29, 0.717) is 0 Å². The normalized spacial score (nSPS) is 11.8. The molecule has 0 aromatic carbocycles. The number of sulfone groups is 1. The molecule has 0 amide bonds. The zero-order valence-corrected chi connectivity index (χ0v) is 6.74. The van der Waals surface area contributed by atoms with Gasteiger partial charge in [0.15, 0.2) is 0 Å². The Morgan fingerprint density at radius 1 is 1.64 bits per heavy atom. The van der Waals surface area contributed by atoms with Gasteiger partial charge in [0.05, 0.1) is 5.75 Å². The van der Waals surface area contributed by atoms with Crippen LogP contribution in [0, 0.1) is 6.92 Å². The molecule has 0 saturated carbocycles. The Labute approximate surface area is 64.1 Å². The highest BCUT2D eigenvalue weighted by Gasteiger charge is 2.18. The monoisotopic (exact) mass is 175 g/mol. The fourth-order valence-corrected chi connectivity index (χ4v) is 1.36. The molecule has 0 fully saturated rings. The SMILES string of the molecule is [CH2]CS(=O)(=O)c1nnnn1C. The van der Waals surface area contributed by atoms with Crippen LogP contribution in [0.3, 0.4) is 0 Å². The Morgan fingerprint density at radius 2 is 2.27 bits per heavy atom. The lowest BCUT2D eigenvalue weighted by Crippen LogP contribution is -2.11. The second-order valence-electron chi connectivity index (χ2n) is 1.90. The molecule has 0 bridgehead atoms. The summed E-state index contributed by atoms with van der Waals surface area (Å²) in [6.07, 6.45) is 0. The van der Waals surface area contributed by atoms with Crippen LogP contribution in [0.15, 0.2) is 5.16 Å². The maximum Gasteiger partial charge on any atom is 0.267 e. The van der Waals surface area contributed by atoms with Gasteiger partial charge in [-0.3, -0.25) is 0 Å². The zero-order chi connectivity index (χ0) is 8.48. The first-order valence-electron chi connectivity index (χ1n) is 2.82. The Bertz CT molecular complexity index is 341. The smallest absolute Gasteiger partial charge is 0.220 e. The van der Waals surface area contributed by atoms with Gasteiger partial charge in [-0.15, -0.1) is 0 Å². The number of hydrogen-bond donors (Lipinski definition) is 0. The van der Waals surface area contributed by atoms with Crippen molar-refractivity contribution in [1.82, 2.24) is 20.2 Å². The largest absolute Gasteiger partial charge is 0.267 e. The van der Waals surface area contributed by atoms with E-state index >= 15 is 0 Å². The van der Waals surface area contributed by atoms with E-state index in [4.69, 9.17) is 0 Å². The maximum atomic E-state index is 11.1. The third-order valence-electron chi connectivity index (χ3n) is 1.13. The van der Waals surface area contributed by atoms with Gasteiger partial charge in [0.25, 0.3) is 5.16 Å². The fraction of sp³-hybridized carbons (Fsp3) is 0.500. The van der Waals surface area contributed by atoms with Gasteiger partial charge >= 0.3 is 0 Å². The summed E-state index contributed by atoms with van der Waals surface area (Å²) < 4.78 is 23.2. The summed E-state index contributed by atoms with van der Waals surface area (Å²) in [4.78, 5) is 0. The van der Waals surface area contributed by atoms with Gasteiger partial charge in [0.2, 0.25) is 9.84 Å². The molecular weight excluding hydrogens is 168 g/mol. The summed E-state index contributed by atoms with van der Waals surface area (Å²) in [7, 11) is -1.91. The van der Waals surface area contributed by atoms with E-state index in [-0.39, 0.29) is 10.9 Å². The van der Waals surface area contributed by atoms with Gasteiger partial charge in [-0.25, -0.2) is 13.1 Å². The van der Waals surface area contributed by atoms with E-state index < -0.39 is 9.84 Å². The van der Waals surface area contributed by atoms with Gasteiger partial charge in [-0.1, -0.05) is 5.10 Å². The molecule has 0 atom stereocenters. The summed E-state index contributed by atoms with van der Waals surface area (Å²) in [5.74, 6) is -0.235. The molecule has 0 aliphatic carbocycles. The summed E-state index contributed by atoms with van der Waals surface area (Å²) in [5.41, 5.74) is 0. The molecule has 0 aliphatic rings.